The molecule has 0 aliphatic heterocycles. The van der Waals surface area contributed by atoms with Gasteiger partial charge in [-0.1, -0.05) is 17.3 Å². The van der Waals surface area contributed by atoms with Crippen LogP contribution in [0, 0.1) is 6.92 Å². The van der Waals surface area contributed by atoms with Crippen molar-refractivity contribution in [2.24, 2.45) is 0 Å². The molecule has 0 aliphatic rings. The quantitative estimate of drug-likeness (QED) is 0.673. The van der Waals surface area contributed by atoms with Gasteiger partial charge in [0.25, 0.3) is 0 Å². The van der Waals surface area contributed by atoms with E-state index in [1.165, 1.54) is 42.0 Å². The summed E-state index contributed by atoms with van der Waals surface area (Å²) in [6.07, 6.45) is 4.82. The molecule has 0 saturated heterocycles. The van der Waals surface area contributed by atoms with E-state index in [4.69, 9.17) is 0 Å². The Bertz CT molecular complexity index is 414. The largest absolute Gasteiger partial charge is 0.309 e. The van der Waals surface area contributed by atoms with Crippen LogP contribution in [0.4, 0.5) is 0 Å². The Morgan fingerprint density at radius 2 is 1.45 bits per heavy atom. The molecule has 0 saturated carbocycles. The number of aryl methyl sites for hydroxylation is 1. The van der Waals surface area contributed by atoms with Gasteiger partial charge in [0.05, 0.1) is 10.2 Å². The van der Waals surface area contributed by atoms with E-state index < -0.39 is 0 Å². The highest BCUT2D eigenvalue weighted by atomic mass is 28.1. The highest BCUT2D eigenvalue weighted by Gasteiger charge is 2.08. The molecule has 1 aromatic rings. The minimum atomic E-state index is 1.16. The van der Waals surface area contributed by atoms with E-state index in [-0.39, 0.29) is 0 Å². The van der Waals surface area contributed by atoms with Crippen LogP contribution < -0.4 is 5.19 Å². The summed E-state index contributed by atoms with van der Waals surface area (Å²) < 4.78 is 0. The fourth-order valence-corrected chi connectivity index (χ4v) is 2.79. The van der Waals surface area contributed by atoms with Crippen molar-refractivity contribution in [3.8, 4) is 0 Å². The summed E-state index contributed by atoms with van der Waals surface area (Å²) in [7, 11) is 12.3. The van der Waals surface area contributed by atoms with Gasteiger partial charge in [0, 0.05) is 0 Å². The summed E-state index contributed by atoms with van der Waals surface area (Å²) in [5.74, 6) is 0. The maximum atomic E-state index is 3.73. The van der Waals surface area contributed by atoms with Crippen molar-refractivity contribution in [2.75, 3.05) is 41.3 Å². The molecule has 0 bridgehead atoms. The van der Waals surface area contributed by atoms with Crippen LogP contribution in [0.2, 0.25) is 0 Å². The van der Waals surface area contributed by atoms with Crippen LogP contribution in [0.1, 0.15) is 29.5 Å². The molecule has 0 spiro atoms. The van der Waals surface area contributed by atoms with Gasteiger partial charge in [0.15, 0.2) is 0 Å². The van der Waals surface area contributed by atoms with E-state index in [1.54, 1.807) is 5.56 Å². The number of hydrogen-bond donors (Lipinski definition) is 0. The van der Waals surface area contributed by atoms with E-state index in [9.17, 15) is 0 Å². The summed E-state index contributed by atoms with van der Waals surface area (Å²) in [4.78, 5) is 4.52. The monoisotopic (exact) mass is 289 g/mol. The molecule has 0 aliphatic carbocycles. The average Bonchev–Trinajstić information content (AvgIpc) is 2.36. The lowest BCUT2D eigenvalue weighted by molar-refractivity contribution is 0.397. The molecule has 0 aromatic heterocycles. The lowest BCUT2D eigenvalue weighted by Crippen LogP contribution is -2.17. The molecular weight excluding hydrogens is 260 g/mol. The first-order chi connectivity index (χ1) is 9.41. The Labute approximate surface area is 128 Å². The molecule has 0 atom stereocenters. The zero-order valence-corrected chi connectivity index (χ0v) is 14.8. The summed E-state index contributed by atoms with van der Waals surface area (Å²) in [5, 5.41) is 1.24. The molecule has 0 heterocycles. The van der Waals surface area contributed by atoms with E-state index in [0.717, 1.165) is 13.1 Å². The van der Waals surface area contributed by atoms with Gasteiger partial charge in [-0.2, -0.15) is 0 Å². The minimum Gasteiger partial charge on any atom is -0.309 e. The Morgan fingerprint density at radius 3 is 2.00 bits per heavy atom. The molecule has 1 rings (SSSR count). The molecule has 1 aromatic carbocycles. The van der Waals surface area contributed by atoms with Crippen LogP contribution >= 0.6 is 0 Å². The van der Waals surface area contributed by atoms with Crippen LogP contribution in [0.3, 0.4) is 0 Å². The van der Waals surface area contributed by atoms with Crippen molar-refractivity contribution in [1.82, 2.24) is 9.80 Å². The van der Waals surface area contributed by atoms with Gasteiger partial charge in [-0.05, 0) is 90.6 Å². The SMILES string of the molecule is Cc1c([Si])ccc(CCCN(C)C)c1CCCN(C)C. The third-order valence-corrected chi connectivity index (χ3v) is 4.32. The van der Waals surface area contributed by atoms with Crippen molar-refractivity contribution in [3.63, 3.8) is 0 Å². The lowest BCUT2D eigenvalue weighted by Gasteiger charge is -2.17. The molecule has 111 valence electrons. The summed E-state index contributed by atoms with van der Waals surface area (Å²) in [6.45, 7) is 4.55. The smallest absolute Gasteiger partial charge is 0.0715 e. The Kier molecular flexibility index (Phi) is 7.49. The van der Waals surface area contributed by atoms with Gasteiger partial charge in [-0.25, -0.2) is 0 Å². The first kappa shape index (κ1) is 17.4. The van der Waals surface area contributed by atoms with Crippen molar-refractivity contribution < 1.29 is 0 Å². The highest BCUT2D eigenvalue weighted by molar-refractivity contribution is 6.33. The van der Waals surface area contributed by atoms with Crippen molar-refractivity contribution >= 4 is 15.4 Å². The third-order valence-electron chi connectivity index (χ3n) is 3.78. The Hall–Kier alpha value is -0.643. The molecular formula is C17H29N2Si. The van der Waals surface area contributed by atoms with Gasteiger partial charge in [-0.15, -0.1) is 0 Å². The number of benzene rings is 1. The molecule has 3 heteroatoms. The standard InChI is InChI=1S/C17H29N2Si/c1-14-16(9-7-13-19(4)5)15(10-11-17(14)20)8-6-12-18(2)3/h10-11H,6-9,12-13H2,1-5H3. The van der Waals surface area contributed by atoms with Crippen molar-refractivity contribution in [3.05, 3.63) is 28.8 Å². The van der Waals surface area contributed by atoms with Gasteiger partial charge in [0.1, 0.15) is 0 Å². The highest BCUT2D eigenvalue weighted by Crippen LogP contribution is 2.17. The van der Waals surface area contributed by atoms with Crippen LogP contribution in [-0.2, 0) is 12.8 Å². The maximum absolute atomic E-state index is 3.73. The maximum Gasteiger partial charge on any atom is 0.0715 e. The summed E-state index contributed by atoms with van der Waals surface area (Å²) in [6, 6.07) is 4.50. The van der Waals surface area contributed by atoms with Gasteiger partial charge in [0.2, 0.25) is 0 Å². The zero-order valence-electron chi connectivity index (χ0n) is 13.8. The molecule has 0 fully saturated rings. The Balaban J connectivity index is 2.74. The predicted molar refractivity (Wildman–Crippen MR) is 90.3 cm³/mol. The second-order valence-electron chi connectivity index (χ2n) is 6.19. The van der Waals surface area contributed by atoms with Crippen LogP contribution in [0.15, 0.2) is 12.1 Å². The topological polar surface area (TPSA) is 6.48 Å². The van der Waals surface area contributed by atoms with Gasteiger partial charge >= 0.3 is 0 Å². The number of hydrogen-bond acceptors (Lipinski definition) is 2. The van der Waals surface area contributed by atoms with Gasteiger partial charge in [-0.3, -0.25) is 0 Å². The van der Waals surface area contributed by atoms with Crippen LogP contribution in [-0.4, -0.2) is 61.3 Å². The predicted octanol–water partition coefficient (Wildman–Crippen LogP) is 1.78. The normalized spacial score (nSPS) is 11.6. The number of rotatable bonds is 8. The van der Waals surface area contributed by atoms with Crippen LogP contribution in [0.25, 0.3) is 0 Å². The van der Waals surface area contributed by atoms with E-state index in [2.05, 4.69) is 67.3 Å². The first-order valence-corrected chi connectivity index (χ1v) is 8.04. The molecule has 0 unspecified atom stereocenters. The first-order valence-electron chi connectivity index (χ1n) is 7.54. The fraction of sp³-hybridized carbons (Fsp3) is 0.647. The Morgan fingerprint density at radius 1 is 0.900 bits per heavy atom. The summed E-state index contributed by atoms with van der Waals surface area (Å²) in [5.41, 5.74) is 4.51. The third kappa shape index (κ3) is 5.78. The van der Waals surface area contributed by atoms with Crippen molar-refractivity contribution in [2.45, 2.75) is 32.6 Å². The zero-order chi connectivity index (χ0) is 15.1. The second-order valence-corrected chi connectivity index (χ2v) is 6.73. The average molecular weight is 290 g/mol. The lowest BCUT2D eigenvalue weighted by atomic mass is 9.94. The van der Waals surface area contributed by atoms with E-state index in [0.29, 0.717) is 0 Å². The molecule has 20 heavy (non-hydrogen) atoms. The second kappa shape index (κ2) is 8.60. The minimum absolute atomic E-state index is 1.16. The molecule has 0 N–H and O–H groups in total. The number of nitrogens with zero attached hydrogens (tertiary/aromatic N) is 2. The molecule has 3 radical (unpaired) electrons. The van der Waals surface area contributed by atoms with Gasteiger partial charge < -0.3 is 9.80 Å². The van der Waals surface area contributed by atoms with E-state index in [1.807, 2.05) is 0 Å². The fourth-order valence-electron chi connectivity index (χ4n) is 2.55. The molecule has 0 amide bonds. The van der Waals surface area contributed by atoms with Crippen molar-refractivity contribution in [1.29, 1.82) is 0 Å². The van der Waals surface area contributed by atoms with E-state index >= 15 is 0 Å². The molecule has 2 nitrogen and oxygen atoms in total. The van der Waals surface area contributed by atoms with Crippen LogP contribution in [0.5, 0.6) is 0 Å². The summed E-state index contributed by atoms with van der Waals surface area (Å²) >= 11 is 0.